The Morgan fingerprint density at radius 1 is 1.19 bits per heavy atom. The van der Waals surface area contributed by atoms with Crippen molar-refractivity contribution in [1.29, 1.82) is 0 Å². The number of nitrogens with zero attached hydrogens (tertiary/aromatic N) is 1. The van der Waals surface area contributed by atoms with Crippen molar-refractivity contribution < 1.29 is 19.4 Å². The number of aromatic nitrogens is 1. The van der Waals surface area contributed by atoms with Gasteiger partial charge in [-0.2, -0.15) is 0 Å². The summed E-state index contributed by atoms with van der Waals surface area (Å²) in [6.45, 7) is 0.267. The summed E-state index contributed by atoms with van der Waals surface area (Å²) in [6.07, 6.45) is 0.157. The first-order chi connectivity index (χ1) is 13.1. The molecule has 0 saturated carbocycles. The lowest BCUT2D eigenvalue weighted by atomic mass is 10.1. The van der Waals surface area contributed by atoms with Gasteiger partial charge in [-0.15, -0.1) is 11.3 Å². The highest BCUT2D eigenvalue weighted by molar-refractivity contribution is 7.13. The fourth-order valence-corrected chi connectivity index (χ4v) is 3.42. The Hall–Kier alpha value is -3.19. The van der Waals surface area contributed by atoms with Gasteiger partial charge in [-0.25, -0.2) is 9.78 Å². The number of rotatable bonds is 7. The number of carbonyl (C=O) groups excluding carboxylic acids is 1. The van der Waals surface area contributed by atoms with Gasteiger partial charge in [-0.1, -0.05) is 24.3 Å². The summed E-state index contributed by atoms with van der Waals surface area (Å²) in [5.41, 5.74) is 2.50. The lowest BCUT2D eigenvalue weighted by Gasteiger charge is -2.06. The molecule has 0 bridgehead atoms. The first-order valence-corrected chi connectivity index (χ1v) is 9.11. The van der Waals surface area contributed by atoms with Crippen molar-refractivity contribution in [3.63, 3.8) is 0 Å². The molecule has 0 aliphatic heterocycles. The molecule has 0 saturated heterocycles. The zero-order valence-electron chi connectivity index (χ0n) is 14.6. The van der Waals surface area contributed by atoms with E-state index in [1.807, 2.05) is 29.6 Å². The molecule has 0 aliphatic rings. The van der Waals surface area contributed by atoms with E-state index in [0.29, 0.717) is 5.69 Å². The second-order valence-corrected chi connectivity index (χ2v) is 6.66. The Kier molecular flexibility index (Phi) is 5.83. The first kappa shape index (κ1) is 18.6. The predicted molar refractivity (Wildman–Crippen MR) is 103 cm³/mol. The molecule has 0 aliphatic carbocycles. The number of para-hydroxylation sites is 1. The highest BCUT2D eigenvalue weighted by Gasteiger charge is 2.12. The Morgan fingerprint density at radius 2 is 2.00 bits per heavy atom. The quantitative estimate of drug-likeness (QED) is 0.654. The number of benzene rings is 2. The molecule has 0 radical (unpaired) electrons. The molecule has 7 heteroatoms. The highest BCUT2D eigenvalue weighted by atomic mass is 32.1. The SMILES string of the molecule is COc1ccccc1-c1nc(CC(=O)NCc2cccc(C(=O)O)c2)cs1. The second kappa shape index (κ2) is 8.46. The monoisotopic (exact) mass is 382 g/mol. The average molecular weight is 382 g/mol. The Labute approximate surface area is 160 Å². The molecule has 138 valence electrons. The van der Waals surface area contributed by atoms with E-state index in [1.54, 1.807) is 25.3 Å². The summed E-state index contributed by atoms with van der Waals surface area (Å²) in [5, 5.41) is 14.5. The topological polar surface area (TPSA) is 88.5 Å². The van der Waals surface area contributed by atoms with Crippen molar-refractivity contribution in [3.8, 4) is 16.3 Å². The summed E-state index contributed by atoms with van der Waals surface area (Å²) < 4.78 is 5.35. The fourth-order valence-electron chi connectivity index (χ4n) is 2.58. The number of amides is 1. The largest absolute Gasteiger partial charge is 0.496 e. The molecule has 0 spiro atoms. The summed E-state index contributed by atoms with van der Waals surface area (Å²) >= 11 is 1.46. The molecule has 0 atom stereocenters. The van der Waals surface area contributed by atoms with Gasteiger partial charge < -0.3 is 15.2 Å². The Morgan fingerprint density at radius 3 is 2.78 bits per heavy atom. The summed E-state index contributed by atoms with van der Waals surface area (Å²) in [5.74, 6) is -0.428. The van der Waals surface area contributed by atoms with Crippen LogP contribution in [0, 0.1) is 0 Å². The third kappa shape index (κ3) is 4.71. The number of carboxylic acids is 1. The van der Waals surface area contributed by atoms with Gasteiger partial charge in [0.2, 0.25) is 5.91 Å². The maximum absolute atomic E-state index is 12.2. The van der Waals surface area contributed by atoms with Gasteiger partial charge in [-0.3, -0.25) is 4.79 Å². The van der Waals surface area contributed by atoms with Gasteiger partial charge in [0.25, 0.3) is 0 Å². The minimum Gasteiger partial charge on any atom is -0.496 e. The van der Waals surface area contributed by atoms with Crippen molar-refractivity contribution >= 4 is 23.2 Å². The average Bonchev–Trinajstić information content (AvgIpc) is 3.14. The second-order valence-electron chi connectivity index (χ2n) is 5.80. The molecule has 3 rings (SSSR count). The normalized spacial score (nSPS) is 10.4. The van der Waals surface area contributed by atoms with Gasteiger partial charge in [0.15, 0.2) is 0 Å². The van der Waals surface area contributed by atoms with Gasteiger partial charge in [0, 0.05) is 11.9 Å². The standard InChI is InChI=1S/C20H18N2O4S/c1-26-17-8-3-2-7-16(17)19-22-15(12-27-19)10-18(23)21-11-13-5-4-6-14(9-13)20(24)25/h2-9,12H,10-11H2,1H3,(H,21,23)(H,24,25). The van der Waals surface area contributed by atoms with Crippen LogP contribution < -0.4 is 10.1 Å². The van der Waals surface area contributed by atoms with Crippen LogP contribution in [0.1, 0.15) is 21.6 Å². The molecular formula is C20H18N2O4S. The first-order valence-electron chi connectivity index (χ1n) is 8.23. The fraction of sp³-hybridized carbons (Fsp3) is 0.150. The van der Waals surface area contributed by atoms with Gasteiger partial charge >= 0.3 is 5.97 Å². The molecule has 2 N–H and O–H groups in total. The van der Waals surface area contributed by atoms with Crippen molar-refractivity contribution in [3.05, 3.63) is 70.7 Å². The molecule has 1 heterocycles. The number of carboxylic acid groups (broad SMARTS) is 1. The van der Waals surface area contributed by atoms with E-state index in [9.17, 15) is 9.59 Å². The molecule has 2 aromatic carbocycles. The van der Waals surface area contributed by atoms with E-state index in [1.165, 1.54) is 17.4 Å². The number of carbonyl (C=O) groups is 2. The number of nitrogens with one attached hydrogen (secondary N) is 1. The lowest BCUT2D eigenvalue weighted by molar-refractivity contribution is -0.120. The molecule has 0 unspecified atom stereocenters. The smallest absolute Gasteiger partial charge is 0.335 e. The van der Waals surface area contributed by atoms with Crippen LogP contribution in [-0.2, 0) is 17.8 Å². The molecule has 6 nitrogen and oxygen atoms in total. The van der Waals surface area contributed by atoms with Crippen LogP contribution >= 0.6 is 11.3 Å². The van der Waals surface area contributed by atoms with Crippen molar-refractivity contribution in [1.82, 2.24) is 10.3 Å². The van der Waals surface area contributed by atoms with Crippen molar-refractivity contribution in [2.75, 3.05) is 7.11 Å². The van der Waals surface area contributed by atoms with Gasteiger partial charge in [0.1, 0.15) is 10.8 Å². The van der Waals surface area contributed by atoms with Crippen LogP contribution in [0.5, 0.6) is 5.75 Å². The molecule has 3 aromatic rings. The van der Waals surface area contributed by atoms with Crippen LogP contribution in [0.2, 0.25) is 0 Å². The summed E-state index contributed by atoms with van der Waals surface area (Å²) in [4.78, 5) is 27.7. The van der Waals surface area contributed by atoms with E-state index in [4.69, 9.17) is 9.84 Å². The molecule has 1 amide bonds. The maximum Gasteiger partial charge on any atom is 0.335 e. The van der Waals surface area contributed by atoms with Crippen LogP contribution in [0.3, 0.4) is 0 Å². The van der Waals surface area contributed by atoms with E-state index in [2.05, 4.69) is 10.3 Å². The van der Waals surface area contributed by atoms with E-state index < -0.39 is 5.97 Å². The van der Waals surface area contributed by atoms with E-state index >= 15 is 0 Å². The number of hydrogen-bond donors (Lipinski definition) is 2. The van der Waals surface area contributed by atoms with Crippen molar-refractivity contribution in [2.24, 2.45) is 0 Å². The van der Waals surface area contributed by atoms with Gasteiger partial charge in [-0.05, 0) is 29.8 Å². The number of methoxy groups -OCH3 is 1. The minimum atomic E-state index is -0.991. The predicted octanol–water partition coefficient (Wildman–Crippen LogP) is 3.38. The summed E-state index contributed by atoms with van der Waals surface area (Å²) in [7, 11) is 1.61. The molecular weight excluding hydrogens is 364 g/mol. The minimum absolute atomic E-state index is 0.157. The number of aromatic carboxylic acids is 1. The molecule has 1 aromatic heterocycles. The van der Waals surface area contributed by atoms with Crippen LogP contribution in [0.15, 0.2) is 53.9 Å². The maximum atomic E-state index is 12.2. The molecule has 0 fully saturated rings. The summed E-state index contributed by atoms with van der Waals surface area (Å²) in [6, 6.07) is 14.1. The zero-order chi connectivity index (χ0) is 19.2. The number of ether oxygens (including phenoxy) is 1. The van der Waals surface area contributed by atoms with Crippen LogP contribution in [-0.4, -0.2) is 29.1 Å². The van der Waals surface area contributed by atoms with Crippen molar-refractivity contribution in [2.45, 2.75) is 13.0 Å². The third-order valence-electron chi connectivity index (χ3n) is 3.89. The number of thiazole rings is 1. The van der Waals surface area contributed by atoms with Gasteiger partial charge in [0.05, 0.1) is 30.4 Å². The Bertz CT molecular complexity index is 968. The number of hydrogen-bond acceptors (Lipinski definition) is 5. The van der Waals surface area contributed by atoms with E-state index in [-0.39, 0.29) is 24.4 Å². The highest BCUT2D eigenvalue weighted by Crippen LogP contribution is 2.31. The Balaban J connectivity index is 1.61. The van der Waals surface area contributed by atoms with Crippen LogP contribution in [0.25, 0.3) is 10.6 Å². The third-order valence-corrected chi connectivity index (χ3v) is 4.82. The van der Waals surface area contributed by atoms with E-state index in [0.717, 1.165) is 21.9 Å². The van der Waals surface area contributed by atoms with Crippen LogP contribution in [0.4, 0.5) is 0 Å². The zero-order valence-corrected chi connectivity index (χ0v) is 15.5. The lowest BCUT2D eigenvalue weighted by Crippen LogP contribution is -2.24. The molecule has 27 heavy (non-hydrogen) atoms.